The monoisotopic (exact) mass is 307 g/mol. The van der Waals surface area contributed by atoms with E-state index in [2.05, 4.69) is 10.3 Å². The molecule has 0 spiro atoms. The van der Waals surface area contributed by atoms with Crippen LogP contribution < -0.4 is 0 Å². The third kappa shape index (κ3) is 3.67. The summed E-state index contributed by atoms with van der Waals surface area (Å²) in [5.74, 6) is -0.582. The molecule has 0 aliphatic carbocycles. The zero-order valence-electron chi connectivity index (χ0n) is 12.9. The molecule has 1 atom stereocenters. The molecule has 0 aliphatic heterocycles. The van der Waals surface area contributed by atoms with Crippen LogP contribution >= 0.6 is 0 Å². The first-order chi connectivity index (χ1) is 11.1. The van der Waals surface area contributed by atoms with Gasteiger partial charge in [-0.15, -0.1) is 5.10 Å². The van der Waals surface area contributed by atoms with Crippen molar-refractivity contribution in [3.8, 4) is 11.3 Å². The van der Waals surface area contributed by atoms with Crippen LogP contribution in [0.2, 0.25) is 0 Å². The van der Waals surface area contributed by atoms with Gasteiger partial charge in [-0.3, -0.25) is 4.68 Å². The smallest absolute Gasteiger partial charge is 0.426 e. The Hall–Kier alpha value is -2.44. The van der Waals surface area contributed by atoms with Crippen molar-refractivity contribution in [2.45, 2.75) is 19.3 Å². The number of hydrogen-bond acceptors (Lipinski definition) is 4. The number of hydrogen-bond donors (Lipinski definition) is 2. The molecule has 0 saturated carbocycles. The zero-order valence-corrected chi connectivity index (χ0v) is 12.9. The molecular formula is C17H18BN3O2. The lowest BCUT2D eigenvalue weighted by atomic mass is 9.76. The van der Waals surface area contributed by atoms with Crippen molar-refractivity contribution in [1.82, 2.24) is 15.0 Å². The van der Waals surface area contributed by atoms with Crippen LogP contribution in [0.4, 0.5) is 0 Å². The Bertz CT molecular complexity index is 774. The minimum absolute atomic E-state index is 0.469. The largest absolute Gasteiger partial charge is 0.478 e. The quantitative estimate of drug-likeness (QED) is 0.708. The van der Waals surface area contributed by atoms with Gasteiger partial charge in [-0.05, 0) is 18.9 Å². The lowest BCUT2D eigenvalue weighted by molar-refractivity contribution is 0.348. The first kappa shape index (κ1) is 15.5. The Labute approximate surface area is 135 Å². The normalized spacial score (nSPS) is 12.1. The van der Waals surface area contributed by atoms with Gasteiger partial charge in [-0.25, -0.2) is 0 Å². The predicted octanol–water partition coefficient (Wildman–Crippen LogP) is 2.05. The topological polar surface area (TPSA) is 71.2 Å². The van der Waals surface area contributed by atoms with Crippen molar-refractivity contribution in [3.63, 3.8) is 0 Å². The van der Waals surface area contributed by atoms with Crippen LogP contribution in [0.5, 0.6) is 0 Å². The van der Waals surface area contributed by atoms with Crippen molar-refractivity contribution in [3.05, 3.63) is 71.9 Å². The molecule has 0 saturated heterocycles. The second-order valence-electron chi connectivity index (χ2n) is 5.62. The molecule has 3 rings (SSSR count). The maximum absolute atomic E-state index is 9.74. The highest BCUT2D eigenvalue weighted by atomic mass is 16.4. The van der Waals surface area contributed by atoms with E-state index in [1.54, 1.807) is 6.20 Å². The van der Waals surface area contributed by atoms with Crippen molar-refractivity contribution in [2.24, 2.45) is 0 Å². The highest BCUT2D eigenvalue weighted by molar-refractivity contribution is 6.42. The Morgan fingerprint density at radius 1 is 1.09 bits per heavy atom. The first-order valence-electron chi connectivity index (χ1n) is 7.52. The Kier molecular flexibility index (Phi) is 4.55. The van der Waals surface area contributed by atoms with E-state index in [1.807, 2.05) is 61.5 Å². The molecule has 2 aromatic carbocycles. The molecule has 2 N–H and O–H groups in total. The molecule has 0 bridgehead atoms. The van der Waals surface area contributed by atoms with Gasteiger partial charge in [0.2, 0.25) is 0 Å². The van der Waals surface area contributed by atoms with Crippen molar-refractivity contribution in [1.29, 1.82) is 0 Å². The van der Waals surface area contributed by atoms with Gasteiger partial charge in [0.25, 0.3) is 0 Å². The van der Waals surface area contributed by atoms with E-state index in [-0.39, 0.29) is 0 Å². The maximum atomic E-state index is 9.74. The van der Waals surface area contributed by atoms with E-state index in [9.17, 15) is 10.0 Å². The summed E-state index contributed by atoms with van der Waals surface area (Å²) in [5, 5.41) is 27.7. The van der Waals surface area contributed by atoms with Gasteiger partial charge in [0.15, 0.2) is 0 Å². The zero-order chi connectivity index (χ0) is 16.2. The number of nitrogens with zero attached hydrogens (tertiary/aromatic N) is 3. The average Bonchev–Trinajstić information content (AvgIpc) is 3.03. The molecule has 1 aromatic heterocycles. The minimum Gasteiger partial charge on any atom is -0.426 e. The number of aromatic nitrogens is 3. The number of aryl methyl sites for hydroxylation is 1. The molecule has 0 radical (unpaired) electrons. The van der Waals surface area contributed by atoms with E-state index in [4.69, 9.17) is 0 Å². The number of rotatable bonds is 5. The van der Waals surface area contributed by atoms with Gasteiger partial charge >= 0.3 is 7.12 Å². The van der Waals surface area contributed by atoms with Gasteiger partial charge in [0.1, 0.15) is 5.69 Å². The summed E-state index contributed by atoms with van der Waals surface area (Å²) in [7, 11) is -1.51. The summed E-state index contributed by atoms with van der Waals surface area (Å²) < 4.78 is 1.52. The summed E-state index contributed by atoms with van der Waals surface area (Å²) >= 11 is 0. The van der Waals surface area contributed by atoms with Crippen LogP contribution in [-0.4, -0.2) is 32.2 Å². The summed E-state index contributed by atoms with van der Waals surface area (Å²) in [6, 6.07) is 17.7. The van der Waals surface area contributed by atoms with Crippen molar-refractivity contribution >= 4 is 7.12 Å². The lowest BCUT2D eigenvalue weighted by Gasteiger charge is -2.16. The summed E-state index contributed by atoms with van der Waals surface area (Å²) in [6.07, 6.45) is 2.21. The molecule has 5 nitrogen and oxygen atoms in total. The minimum atomic E-state index is -1.51. The molecule has 6 heteroatoms. The fourth-order valence-electron chi connectivity index (χ4n) is 2.60. The highest BCUT2D eigenvalue weighted by Gasteiger charge is 2.27. The third-order valence-corrected chi connectivity index (χ3v) is 3.79. The van der Waals surface area contributed by atoms with Gasteiger partial charge in [0, 0.05) is 5.56 Å². The fourth-order valence-corrected chi connectivity index (χ4v) is 2.60. The molecule has 23 heavy (non-hydrogen) atoms. The second kappa shape index (κ2) is 6.77. The number of benzene rings is 2. The molecule has 0 aliphatic rings. The Balaban J connectivity index is 1.86. The molecular weight excluding hydrogens is 289 g/mol. The first-order valence-corrected chi connectivity index (χ1v) is 7.52. The summed E-state index contributed by atoms with van der Waals surface area (Å²) in [6.45, 7) is 2.01. The van der Waals surface area contributed by atoms with Gasteiger partial charge < -0.3 is 10.0 Å². The molecule has 1 unspecified atom stereocenters. The van der Waals surface area contributed by atoms with Crippen molar-refractivity contribution < 1.29 is 10.0 Å². The summed E-state index contributed by atoms with van der Waals surface area (Å²) in [4.78, 5) is 0. The molecule has 116 valence electrons. The Morgan fingerprint density at radius 3 is 2.57 bits per heavy atom. The van der Waals surface area contributed by atoms with Crippen LogP contribution in [-0.2, 0) is 6.42 Å². The van der Waals surface area contributed by atoms with Crippen LogP contribution in [0.15, 0.2) is 60.8 Å². The molecule has 0 fully saturated rings. The SMILES string of the molecule is Cc1cccc(CC(B(O)O)n2cc(-c3ccccc3)nn2)c1. The lowest BCUT2D eigenvalue weighted by Crippen LogP contribution is -2.31. The van der Waals surface area contributed by atoms with E-state index < -0.39 is 13.1 Å². The standard InChI is InChI=1S/C17H18BN3O2/c1-13-6-5-7-14(10-13)11-17(18(22)23)21-12-16(19-20-21)15-8-3-2-4-9-15/h2-10,12,17,22-23H,11H2,1H3. The average molecular weight is 307 g/mol. The molecule has 1 heterocycles. The predicted molar refractivity (Wildman–Crippen MR) is 89.6 cm³/mol. The van der Waals surface area contributed by atoms with E-state index in [0.717, 1.165) is 16.7 Å². The van der Waals surface area contributed by atoms with Gasteiger partial charge in [-0.1, -0.05) is 65.4 Å². The fraction of sp³-hybridized carbons (Fsp3) is 0.176. The van der Waals surface area contributed by atoms with Crippen molar-refractivity contribution in [2.75, 3.05) is 0 Å². The van der Waals surface area contributed by atoms with Gasteiger partial charge in [0.05, 0.1) is 12.1 Å². The van der Waals surface area contributed by atoms with E-state index in [1.165, 1.54) is 4.68 Å². The van der Waals surface area contributed by atoms with E-state index in [0.29, 0.717) is 12.1 Å². The van der Waals surface area contributed by atoms with Crippen LogP contribution in [0.25, 0.3) is 11.3 Å². The highest BCUT2D eigenvalue weighted by Crippen LogP contribution is 2.20. The van der Waals surface area contributed by atoms with Crippen LogP contribution in [0.1, 0.15) is 17.1 Å². The second-order valence-corrected chi connectivity index (χ2v) is 5.62. The van der Waals surface area contributed by atoms with Crippen LogP contribution in [0.3, 0.4) is 0 Å². The van der Waals surface area contributed by atoms with Crippen LogP contribution in [0, 0.1) is 6.92 Å². The Morgan fingerprint density at radius 2 is 1.87 bits per heavy atom. The maximum Gasteiger partial charge on any atom is 0.478 e. The third-order valence-electron chi connectivity index (χ3n) is 3.79. The molecule has 0 amide bonds. The summed E-state index contributed by atoms with van der Waals surface area (Å²) in [5.41, 5.74) is 3.82. The van der Waals surface area contributed by atoms with E-state index >= 15 is 0 Å². The molecule has 3 aromatic rings. The van der Waals surface area contributed by atoms with Gasteiger partial charge in [-0.2, -0.15) is 0 Å².